The molecule has 0 radical (unpaired) electrons. The standard InChI is InChI=1S/C13H13FO2/c1-13(2)11(14)10(12(15)16-13)8-9-6-4-3-5-7-9/h3-7H,8H2,1-2H3. The Balaban J connectivity index is 2.29. The first-order chi connectivity index (χ1) is 7.50. The van der Waals surface area contributed by atoms with Crippen LogP contribution in [-0.2, 0) is 16.0 Å². The number of carbonyl (C=O) groups excluding carboxylic acids is 1. The minimum absolute atomic E-state index is 0.135. The largest absolute Gasteiger partial charge is 0.449 e. The van der Waals surface area contributed by atoms with Crippen LogP contribution in [0.25, 0.3) is 0 Å². The summed E-state index contributed by atoms with van der Waals surface area (Å²) in [5, 5.41) is 0. The zero-order valence-electron chi connectivity index (χ0n) is 9.29. The predicted octanol–water partition coefficient (Wildman–Crippen LogP) is 2.79. The van der Waals surface area contributed by atoms with Crippen LogP contribution in [0.15, 0.2) is 41.7 Å². The van der Waals surface area contributed by atoms with E-state index in [0.29, 0.717) is 0 Å². The van der Waals surface area contributed by atoms with E-state index >= 15 is 0 Å². The van der Waals surface area contributed by atoms with Crippen molar-refractivity contribution in [3.63, 3.8) is 0 Å². The van der Waals surface area contributed by atoms with Crippen molar-refractivity contribution in [2.75, 3.05) is 0 Å². The number of rotatable bonds is 2. The second kappa shape index (κ2) is 3.74. The van der Waals surface area contributed by atoms with Gasteiger partial charge in [0.05, 0.1) is 5.57 Å². The van der Waals surface area contributed by atoms with Gasteiger partial charge in [-0.2, -0.15) is 0 Å². The molecular formula is C13H13FO2. The van der Waals surface area contributed by atoms with E-state index in [1.54, 1.807) is 13.8 Å². The lowest BCUT2D eigenvalue weighted by atomic mass is 10.0. The fourth-order valence-corrected chi connectivity index (χ4v) is 1.74. The molecule has 0 saturated carbocycles. The first-order valence-electron chi connectivity index (χ1n) is 5.17. The van der Waals surface area contributed by atoms with Crippen molar-refractivity contribution in [2.45, 2.75) is 25.9 Å². The molecule has 2 nitrogen and oxygen atoms in total. The molecule has 3 heteroatoms. The third kappa shape index (κ3) is 1.85. The maximum Gasteiger partial charge on any atom is 0.338 e. The van der Waals surface area contributed by atoms with Crippen molar-refractivity contribution in [3.05, 3.63) is 47.3 Å². The first-order valence-corrected chi connectivity index (χ1v) is 5.17. The second-order valence-corrected chi connectivity index (χ2v) is 4.35. The van der Waals surface area contributed by atoms with Gasteiger partial charge in [-0.25, -0.2) is 9.18 Å². The van der Waals surface area contributed by atoms with Crippen LogP contribution in [0, 0.1) is 0 Å². The fraction of sp³-hybridized carbons (Fsp3) is 0.308. The molecule has 0 aliphatic carbocycles. The average molecular weight is 220 g/mol. The molecule has 0 N–H and O–H groups in total. The van der Waals surface area contributed by atoms with E-state index in [2.05, 4.69) is 0 Å². The summed E-state index contributed by atoms with van der Waals surface area (Å²) >= 11 is 0. The Bertz CT molecular complexity index is 446. The number of halogens is 1. The number of carbonyl (C=O) groups is 1. The van der Waals surface area contributed by atoms with Crippen LogP contribution < -0.4 is 0 Å². The van der Waals surface area contributed by atoms with Crippen LogP contribution >= 0.6 is 0 Å². The monoisotopic (exact) mass is 220 g/mol. The Hall–Kier alpha value is -1.64. The van der Waals surface area contributed by atoms with Gasteiger partial charge in [0.2, 0.25) is 0 Å². The van der Waals surface area contributed by atoms with E-state index in [4.69, 9.17) is 4.74 Å². The topological polar surface area (TPSA) is 26.3 Å². The van der Waals surface area contributed by atoms with Crippen LogP contribution in [0.2, 0.25) is 0 Å². The molecule has 16 heavy (non-hydrogen) atoms. The molecule has 0 amide bonds. The van der Waals surface area contributed by atoms with Crippen LogP contribution in [-0.4, -0.2) is 11.6 Å². The summed E-state index contributed by atoms with van der Waals surface area (Å²) in [6.07, 6.45) is 0.287. The number of cyclic esters (lactones) is 1. The Kier molecular flexibility index (Phi) is 2.54. The van der Waals surface area contributed by atoms with Gasteiger partial charge in [0.1, 0.15) is 0 Å². The van der Waals surface area contributed by atoms with Crippen molar-refractivity contribution in [2.24, 2.45) is 0 Å². The van der Waals surface area contributed by atoms with Crippen LogP contribution in [0.1, 0.15) is 19.4 Å². The van der Waals surface area contributed by atoms with E-state index in [-0.39, 0.29) is 12.0 Å². The molecule has 84 valence electrons. The molecule has 2 rings (SSSR count). The Labute approximate surface area is 93.7 Å². The number of hydrogen-bond donors (Lipinski definition) is 0. The highest BCUT2D eigenvalue weighted by Gasteiger charge is 2.40. The molecule has 1 aliphatic rings. The molecule has 0 spiro atoms. The SMILES string of the molecule is CC1(C)OC(=O)C(Cc2ccccc2)=C1F. The highest BCUT2D eigenvalue weighted by atomic mass is 19.1. The molecule has 0 atom stereocenters. The van der Waals surface area contributed by atoms with Crippen molar-refractivity contribution in [3.8, 4) is 0 Å². The van der Waals surface area contributed by atoms with Gasteiger partial charge in [-0.1, -0.05) is 30.3 Å². The van der Waals surface area contributed by atoms with E-state index in [0.717, 1.165) is 5.56 Å². The average Bonchev–Trinajstić information content (AvgIpc) is 2.42. The summed E-state index contributed by atoms with van der Waals surface area (Å²) in [7, 11) is 0. The summed E-state index contributed by atoms with van der Waals surface area (Å²) in [6.45, 7) is 3.11. The van der Waals surface area contributed by atoms with Crippen LogP contribution in [0.5, 0.6) is 0 Å². The molecule has 0 bridgehead atoms. The third-order valence-corrected chi connectivity index (χ3v) is 2.61. The quantitative estimate of drug-likeness (QED) is 0.716. The maximum atomic E-state index is 13.8. The molecule has 0 aromatic heterocycles. The summed E-state index contributed by atoms with van der Waals surface area (Å²) in [4.78, 5) is 11.5. The van der Waals surface area contributed by atoms with Gasteiger partial charge in [0, 0.05) is 6.42 Å². The predicted molar refractivity (Wildman–Crippen MR) is 58.5 cm³/mol. The van der Waals surface area contributed by atoms with Gasteiger partial charge < -0.3 is 4.74 Å². The van der Waals surface area contributed by atoms with Crippen molar-refractivity contribution < 1.29 is 13.9 Å². The van der Waals surface area contributed by atoms with Gasteiger partial charge in [-0.15, -0.1) is 0 Å². The molecule has 1 heterocycles. The maximum absolute atomic E-state index is 13.8. The molecule has 0 fully saturated rings. The van der Waals surface area contributed by atoms with Gasteiger partial charge in [0.25, 0.3) is 0 Å². The van der Waals surface area contributed by atoms with Gasteiger partial charge in [0.15, 0.2) is 11.4 Å². The summed E-state index contributed by atoms with van der Waals surface area (Å²) < 4.78 is 18.8. The first kappa shape index (κ1) is 10.9. The van der Waals surface area contributed by atoms with Crippen molar-refractivity contribution in [1.29, 1.82) is 0 Å². The molecular weight excluding hydrogens is 207 g/mol. The molecule has 1 aromatic carbocycles. The highest BCUT2D eigenvalue weighted by Crippen LogP contribution is 2.34. The Morgan fingerprint density at radius 2 is 1.88 bits per heavy atom. The molecule has 1 aliphatic heterocycles. The fourth-order valence-electron chi connectivity index (χ4n) is 1.74. The normalized spacial score (nSPS) is 18.8. The van der Waals surface area contributed by atoms with E-state index in [9.17, 15) is 9.18 Å². The zero-order valence-corrected chi connectivity index (χ0v) is 9.29. The minimum Gasteiger partial charge on any atom is -0.449 e. The number of esters is 1. The molecule has 1 aromatic rings. The van der Waals surface area contributed by atoms with E-state index in [1.165, 1.54) is 0 Å². The number of benzene rings is 1. The lowest BCUT2D eigenvalue weighted by molar-refractivity contribution is -0.145. The van der Waals surface area contributed by atoms with Gasteiger partial charge in [-0.3, -0.25) is 0 Å². The Morgan fingerprint density at radius 1 is 1.25 bits per heavy atom. The minimum atomic E-state index is -1.11. The molecule has 0 unspecified atom stereocenters. The molecule has 0 saturated heterocycles. The zero-order chi connectivity index (χ0) is 11.8. The third-order valence-electron chi connectivity index (χ3n) is 2.61. The smallest absolute Gasteiger partial charge is 0.338 e. The second-order valence-electron chi connectivity index (χ2n) is 4.35. The van der Waals surface area contributed by atoms with Crippen LogP contribution in [0.4, 0.5) is 4.39 Å². The number of ether oxygens (including phenoxy) is 1. The van der Waals surface area contributed by atoms with Crippen molar-refractivity contribution >= 4 is 5.97 Å². The lowest BCUT2D eigenvalue weighted by Gasteiger charge is -2.14. The summed E-state index contributed by atoms with van der Waals surface area (Å²) in [6, 6.07) is 9.32. The van der Waals surface area contributed by atoms with Crippen LogP contribution in [0.3, 0.4) is 0 Å². The lowest BCUT2D eigenvalue weighted by Crippen LogP contribution is -2.21. The summed E-state index contributed by atoms with van der Waals surface area (Å²) in [5.41, 5.74) is -0.0696. The highest BCUT2D eigenvalue weighted by molar-refractivity contribution is 5.92. The summed E-state index contributed by atoms with van der Waals surface area (Å²) in [5.74, 6) is -1.01. The van der Waals surface area contributed by atoms with E-state index < -0.39 is 17.4 Å². The van der Waals surface area contributed by atoms with Gasteiger partial charge in [-0.05, 0) is 19.4 Å². The Morgan fingerprint density at radius 3 is 2.38 bits per heavy atom. The van der Waals surface area contributed by atoms with E-state index in [1.807, 2.05) is 30.3 Å². The van der Waals surface area contributed by atoms with Gasteiger partial charge >= 0.3 is 5.97 Å². The van der Waals surface area contributed by atoms with Crippen molar-refractivity contribution in [1.82, 2.24) is 0 Å². The number of hydrogen-bond acceptors (Lipinski definition) is 2.